The average molecular weight is 236 g/mol. The maximum absolute atomic E-state index is 11.3. The van der Waals surface area contributed by atoms with Crippen molar-refractivity contribution in [3.63, 3.8) is 0 Å². The SMILES string of the molecule is CCN(CC)c1ccc(NC(=O)CCN)cn1. The molecule has 5 heteroatoms. The van der Waals surface area contributed by atoms with Crippen LogP contribution in [0.2, 0.25) is 0 Å². The van der Waals surface area contributed by atoms with Crippen LogP contribution in [-0.4, -0.2) is 30.5 Å². The van der Waals surface area contributed by atoms with E-state index in [0.29, 0.717) is 18.7 Å². The Kier molecular flexibility index (Phi) is 5.42. The van der Waals surface area contributed by atoms with Crippen molar-refractivity contribution in [3.05, 3.63) is 18.3 Å². The number of aromatic nitrogens is 1. The van der Waals surface area contributed by atoms with Crippen molar-refractivity contribution in [2.45, 2.75) is 20.3 Å². The molecule has 1 aromatic rings. The van der Waals surface area contributed by atoms with Gasteiger partial charge in [-0.15, -0.1) is 0 Å². The van der Waals surface area contributed by atoms with Crippen LogP contribution in [0.5, 0.6) is 0 Å². The quantitative estimate of drug-likeness (QED) is 0.779. The Bertz CT molecular complexity index is 346. The number of anilines is 2. The fourth-order valence-electron chi connectivity index (χ4n) is 1.55. The lowest BCUT2D eigenvalue weighted by Crippen LogP contribution is -2.23. The molecule has 17 heavy (non-hydrogen) atoms. The van der Waals surface area contributed by atoms with Crippen LogP contribution in [0.15, 0.2) is 18.3 Å². The number of nitrogens with zero attached hydrogens (tertiary/aromatic N) is 2. The molecule has 0 aliphatic rings. The number of rotatable bonds is 6. The third-order valence-electron chi connectivity index (χ3n) is 2.49. The molecule has 1 heterocycles. The van der Waals surface area contributed by atoms with Crippen LogP contribution in [0, 0.1) is 0 Å². The molecular formula is C12H20N4O. The molecule has 0 fully saturated rings. The molecule has 0 radical (unpaired) electrons. The van der Waals surface area contributed by atoms with Crippen LogP contribution < -0.4 is 16.0 Å². The number of carbonyl (C=O) groups excluding carboxylic acids is 1. The lowest BCUT2D eigenvalue weighted by Gasteiger charge is -2.19. The second-order valence-corrected chi connectivity index (χ2v) is 3.66. The van der Waals surface area contributed by atoms with Crippen LogP contribution in [0.4, 0.5) is 11.5 Å². The van der Waals surface area contributed by atoms with E-state index in [0.717, 1.165) is 18.9 Å². The molecule has 3 N–H and O–H groups in total. The summed E-state index contributed by atoms with van der Waals surface area (Å²) in [6.45, 7) is 6.37. The zero-order valence-electron chi connectivity index (χ0n) is 10.4. The van der Waals surface area contributed by atoms with Crippen molar-refractivity contribution in [2.75, 3.05) is 29.9 Å². The second-order valence-electron chi connectivity index (χ2n) is 3.66. The van der Waals surface area contributed by atoms with E-state index in [-0.39, 0.29) is 5.91 Å². The molecule has 5 nitrogen and oxygen atoms in total. The highest BCUT2D eigenvalue weighted by Gasteiger charge is 2.04. The fourth-order valence-corrected chi connectivity index (χ4v) is 1.55. The Labute approximate surface area is 102 Å². The van der Waals surface area contributed by atoms with E-state index in [1.165, 1.54) is 0 Å². The van der Waals surface area contributed by atoms with E-state index in [1.54, 1.807) is 6.20 Å². The average Bonchev–Trinajstić information content (AvgIpc) is 2.33. The highest BCUT2D eigenvalue weighted by molar-refractivity contribution is 5.90. The zero-order chi connectivity index (χ0) is 12.7. The van der Waals surface area contributed by atoms with Crippen LogP contribution >= 0.6 is 0 Å². The first-order valence-electron chi connectivity index (χ1n) is 5.92. The zero-order valence-corrected chi connectivity index (χ0v) is 10.4. The van der Waals surface area contributed by atoms with Gasteiger partial charge in [0.25, 0.3) is 0 Å². The van der Waals surface area contributed by atoms with Gasteiger partial charge in [-0.1, -0.05) is 0 Å². The minimum Gasteiger partial charge on any atom is -0.357 e. The lowest BCUT2D eigenvalue weighted by molar-refractivity contribution is -0.116. The van der Waals surface area contributed by atoms with E-state index in [1.807, 2.05) is 12.1 Å². The molecule has 0 saturated carbocycles. The Morgan fingerprint density at radius 2 is 2.12 bits per heavy atom. The van der Waals surface area contributed by atoms with Gasteiger partial charge in [-0.2, -0.15) is 0 Å². The fraction of sp³-hybridized carbons (Fsp3) is 0.500. The lowest BCUT2D eigenvalue weighted by atomic mass is 10.3. The molecule has 0 aromatic carbocycles. The number of pyridine rings is 1. The number of amides is 1. The maximum Gasteiger partial charge on any atom is 0.225 e. The summed E-state index contributed by atoms with van der Waals surface area (Å²) in [5.41, 5.74) is 6.01. The van der Waals surface area contributed by atoms with Crippen molar-refractivity contribution in [1.29, 1.82) is 0 Å². The first-order valence-corrected chi connectivity index (χ1v) is 5.92. The topological polar surface area (TPSA) is 71.2 Å². The van der Waals surface area contributed by atoms with E-state index in [2.05, 4.69) is 29.0 Å². The van der Waals surface area contributed by atoms with E-state index >= 15 is 0 Å². The highest BCUT2D eigenvalue weighted by atomic mass is 16.1. The van der Waals surface area contributed by atoms with Gasteiger partial charge in [0, 0.05) is 26.1 Å². The largest absolute Gasteiger partial charge is 0.357 e. The van der Waals surface area contributed by atoms with Gasteiger partial charge < -0.3 is 16.0 Å². The predicted octanol–water partition coefficient (Wildman–Crippen LogP) is 1.22. The summed E-state index contributed by atoms with van der Waals surface area (Å²) in [6.07, 6.45) is 2.00. The van der Waals surface area contributed by atoms with Crippen molar-refractivity contribution in [1.82, 2.24) is 4.98 Å². The van der Waals surface area contributed by atoms with Gasteiger partial charge in [0.05, 0.1) is 11.9 Å². The van der Waals surface area contributed by atoms with Crippen molar-refractivity contribution in [3.8, 4) is 0 Å². The van der Waals surface area contributed by atoms with Gasteiger partial charge in [-0.25, -0.2) is 4.98 Å². The maximum atomic E-state index is 11.3. The van der Waals surface area contributed by atoms with E-state index < -0.39 is 0 Å². The molecule has 1 amide bonds. The van der Waals surface area contributed by atoms with Crippen LogP contribution in [-0.2, 0) is 4.79 Å². The monoisotopic (exact) mass is 236 g/mol. The number of nitrogens with two attached hydrogens (primary N) is 1. The Balaban J connectivity index is 2.64. The van der Waals surface area contributed by atoms with Crippen molar-refractivity contribution >= 4 is 17.4 Å². The summed E-state index contributed by atoms with van der Waals surface area (Å²) in [5.74, 6) is 0.844. The molecule has 0 bridgehead atoms. The molecule has 0 saturated heterocycles. The number of hydrogen-bond acceptors (Lipinski definition) is 4. The standard InChI is InChI=1S/C12H20N4O/c1-3-16(4-2)11-6-5-10(9-14-11)15-12(17)7-8-13/h5-6,9H,3-4,7-8,13H2,1-2H3,(H,15,17). The van der Waals surface area contributed by atoms with Crippen molar-refractivity contribution < 1.29 is 4.79 Å². The molecule has 94 valence electrons. The Morgan fingerprint density at radius 3 is 2.59 bits per heavy atom. The number of carbonyl (C=O) groups is 1. The Hall–Kier alpha value is -1.62. The molecule has 1 rings (SSSR count). The predicted molar refractivity (Wildman–Crippen MR) is 70.1 cm³/mol. The molecule has 1 aromatic heterocycles. The molecule has 0 unspecified atom stereocenters. The van der Waals surface area contributed by atoms with Crippen molar-refractivity contribution in [2.24, 2.45) is 5.73 Å². The summed E-state index contributed by atoms with van der Waals surface area (Å²) < 4.78 is 0. The van der Waals surface area contributed by atoms with Gasteiger partial charge in [0.15, 0.2) is 0 Å². The van der Waals surface area contributed by atoms with Gasteiger partial charge in [-0.05, 0) is 26.0 Å². The van der Waals surface area contributed by atoms with E-state index in [9.17, 15) is 4.79 Å². The van der Waals surface area contributed by atoms with Gasteiger partial charge >= 0.3 is 0 Å². The minimum atomic E-state index is -0.0788. The Morgan fingerprint density at radius 1 is 1.41 bits per heavy atom. The summed E-state index contributed by atoms with van der Waals surface area (Å²) in [7, 11) is 0. The minimum absolute atomic E-state index is 0.0788. The first kappa shape index (κ1) is 13.4. The summed E-state index contributed by atoms with van der Waals surface area (Å²) in [4.78, 5) is 17.8. The third kappa shape index (κ3) is 4.03. The second kappa shape index (κ2) is 6.85. The molecule has 0 aliphatic carbocycles. The van der Waals surface area contributed by atoms with Crippen LogP contribution in [0.25, 0.3) is 0 Å². The number of hydrogen-bond donors (Lipinski definition) is 2. The normalized spacial score (nSPS) is 10.1. The van der Waals surface area contributed by atoms with Gasteiger partial charge in [0.2, 0.25) is 5.91 Å². The smallest absolute Gasteiger partial charge is 0.225 e. The first-order chi connectivity index (χ1) is 8.21. The van der Waals surface area contributed by atoms with E-state index in [4.69, 9.17) is 5.73 Å². The summed E-state index contributed by atoms with van der Waals surface area (Å²) >= 11 is 0. The van der Waals surface area contributed by atoms with Crippen LogP contribution in [0.3, 0.4) is 0 Å². The molecule has 0 atom stereocenters. The van der Waals surface area contributed by atoms with Gasteiger partial charge in [-0.3, -0.25) is 4.79 Å². The highest BCUT2D eigenvalue weighted by Crippen LogP contribution is 2.13. The molecular weight excluding hydrogens is 216 g/mol. The van der Waals surface area contributed by atoms with Crippen LogP contribution in [0.1, 0.15) is 20.3 Å². The summed E-state index contributed by atoms with van der Waals surface area (Å²) in [5, 5.41) is 2.75. The summed E-state index contributed by atoms with van der Waals surface area (Å²) in [6, 6.07) is 3.76. The third-order valence-corrected chi connectivity index (χ3v) is 2.49. The molecule has 0 spiro atoms. The van der Waals surface area contributed by atoms with Gasteiger partial charge in [0.1, 0.15) is 5.82 Å². The molecule has 0 aliphatic heterocycles. The number of nitrogens with one attached hydrogen (secondary N) is 1.